The molecule has 0 saturated carbocycles. The van der Waals surface area contributed by atoms with Crippen LogP contribution in [0.3, 0.4) is 0 Å². The van der Waals surface area contributed by atoms with Crippen molar-refractivity contribution in [2.24, 2.45) is 11.8 Å². The summed E-state index contributed by atoms with van der Waals surface area (Å²) in [5, 5.41) is 20.7. The largest absolute Gasteiger partial charge is 0.501 e. The summed E-state index contributed by atoms with van der Waals surface area (Å²) in [6.07, 6.45) is 2.39. The highest BCUT2D eigenvalue weighted by molar-refractivity contribution is 7.99. The van der Waals surface area contributed by atoms with Crippen molar-refractivity contribution in [1.82, 2.24) is 9.47 Å². The molecule has 5 aromatic carbocycles. The van der Waals surface area contributed by atoms with Crippen molar-refractivity contribution in [3.63, 3.8) is 0 Å². The summed E-state index contributed by atoms with van der Waals surface area (Å²) in [6.45, 7) is 11.2. The lowest BCUT2D eigenvalue weighted by Gasteiger charge is -2.37. The predicted molar refractivity (Wildman–Crippen MR) is 299 cm³/mol. The Hall–Kier alpha value is -5.26. The molecule has 0 bridgehead atoms. The van der Waals surface area contributed by atoms with Crippen LogP contribution in [0.5, 0.6) is 0 Å². The third kappa shape index (κ3) is 11.8. The number of aromatic carboxylic acids is 1. The number of carboxylic acids is 1. The van der Waals surface area contributed by atoms with E-state index in [0.717, 1.165) is 65.1 Å². The lowest BCUT2D eigenvalue weighted by Crippen LogP contribution is -2.46. The van der Waals surface area contributed by atoms with Crippen LogP contribution < -0.4 is 19.8 Å². The quantitative estimate of drug-likeness (QED) is 0.0626. The molecule has 19 heteroatoms. The number of anilines is 3. The van der Waals surface area contributed by atoms with E-state index in [9.17, 15) is 36.6 Å². The first-order valence-corrected chi connectivity index (χ1v) is 30.2. The van der Waals surface area contributed by atoms with E-state index in [4.69, 9.17) is 16.1 Å². The molecule has 3 aliphatic rings. The van der Waals surface area contributed by atoms with Gasteiger partial charge in [-0.1, -0.05) is 60.1 Å². The molecule has 2 N–H and O–H groups in total. The second-order valence-electron chi connectivity index (χ2n) is 20.2. The fourth-order valence-corrected chi connectivity index (χ4v) is 15.5. The summed E-state index contributed by atoms with van der Waals surface area (Å²) in [6, 6.07) is 36.3. The lowest BCUT2D eigenvalue weighted by molar-refractivity contribution is -0.0436. The maximum Gasteiger partial charge on any atom is 0.501 e. The molecule has 0 unspecified atom stereocenters. The van der Waals surface area contributed by atoms with Crippen LogP contribution >= 0.6 is 30.9 Å². The first-order valence-electron chi connectivity index (χ1n) is 25.8. The number of carbonyl (C=O) groups is 1. The molecule has 2 atom stereocenters. The van der Waals surface area contributed by atoms with E-state index in [1.807, 2.05) is 106 Å². The summed E-state index contributed by atoms with van der Waals surface area (Å²) in [7, 11) is -9.96. The third-order valence-electron chi connectivity index (χ3n) is 15.0. The number of thioether (sulfide) groups is 1. The topological polar surface area (TPSA) is 136 Å². The van der Waals surface area contributed by atoms with Crippen LogP contribution in [-0.4, -0.2) is 111 Å². The highest BCUT2D eigenvalue weighted by atomic mass is 35.5. The van der Waals surface area contributed by atoms with Gasteiger partial charge in [-0.05, 0) is 167 Å². The number of piperidine rings is 1. The molecule has 3 aliphatic heterocycles. The van der Waals surface area contributed by atoms with Crippen molar-refractivity contribution in [1.29, 1.82) is 0 Å². The average Bonchev–Trinajstić information content (AvgIpc) is 4.10. The van der Waals surface area contributed by atoms with Crippen LogP contribution in [-0.2, 0) is 25.3 Å². The number of nitrogens with zero attached hydrogens (tertiary/aromatic N) is 5. The van der Waals surface area contributed by atoms with Gasteiger partial charge in [0.15, 0.2) is 0 Å². The highest BCUT2D eigenvalue weighted by Gasteiger charge is 2.49. The third-order valence-corrected chi connectivity index (χ3v) is 20.6. The standard InChI is InChI=1S/C57H64ClF3N5O7PS2/c1-39(2)66-40(3)53(56(68)69)54(55(66)43-12-15-46(58)16-13-43)45-8-7-9-49(35-45)64-30-28-63(29-31-64)47-17-19-48(20-18-47)65-32-33-73-74(65,70)50-21-14-44(52(36-50)76(71,72)57(59,60)61)34-42(38-75-51-10-5-4-6-11-51)24-27-62-25-22-41(37-67)23-26-62/h4-21,35-36,39,41-42,67H,22-34,37-38H2,1-3H3,(H,68,69)/t42-,74-/m0/s1. The van der Waals surface area contributed by atoms with Crippen molar-refractivity contribution >= 4 is 69.1 Å². The minimum atomic E-state index is -5.87. The van der Waals surface area contributed by atoms with E-state index < -0.39 is 33.7 Å². The normalized spacial score (nSPS) is 18.5. The molecule has 9 rings (SSSR count). The molecule has 76 heavy (non-hydrogen) atoms. The number of sulfone groups is 1. The summed E-state index contributed by atoms with van der Waals surface area (Å²) in [5.41, 5.74) is 0.831. The van der Waals surface area contributed by atoms with Gasteiger partial charge >= 0.3 is 19.0 Å². The van der Waals surface area contributed by atoms with Gasteiger partial charge in [-0.15, -0.1) is 11.8 Å². The number of hydrogen-bond donors (Lipinski definition) is 2. The summed E-state index contributed by atoms with van der Waals surface area (Å²) >= 11 is 7.85. The van der Waals surface area contributed by atoms with Gasteiger partial charge in [-0.3, -0.25) is 9.24 Å². The van der Waals surface area contributed by atoms with Crippen LogP contribution in [0.1, 0.15) is 60.8 Å². The zero-order valence-electron chi connectivity index (χ0n) is 42.8. The van der Waals surface area contributed by atoms with Crippen LogP contribution in [0, 0.1) is 18.8 Å². The number of aliphatic hydroxyl groups is 1. The maximum absolute atomic E-state index is 15.0. The number of halogens is 4. The second kappa shape index (κ2) is 23.4. The Labute approximate surface area is 452 Å². The molecule has 3 fully saturated rings. The average molecular weight is 1120 g/mol. The fourth-order valence-electron chi connectivity index (χ4n) is 11.0. The van der Waals surface area contributed by atoms with Crippen LogP contribution in [0.15, 0.2) is 131 Å². The number of aliphatic hydroxyl groups excluding tert-OH is 1. The number of hydrogen-bond acceptors (Lipinski definition) is 10. The zero-order valence-corrected chi connectivity index (χ0v) is 46.1. The number of benzene rings is 5. The molecule has 0 amide bonds. The van der Waals surface area contributed by atoms with E-state index in [-0.39, 0.29) is 60.5 Å². The molecule has 0 spiro atoms. The van der Waals surface area contributed by atoms with Crippen molar-refractivity contribution in [3.05, 3.63) is 143 Å². The van der Waals surface area contributed by atoms with Gasteiger partial charge in [-0.2, -0.15) is 13.2 Å². The minimum absolute atomic E-state index is 0.0141. The van der Waals surface area contributed by atoms with Gasteiger partial charge in [0.05, 0.1) is 34.6 Å². The van der Waals surface area contributed by atoms with Gasteiger partial charge in [0.2, 0.25) is 0 Å². The van der Waals surface area contributed by atoms with Crippen molar-refractivity contribution in [2.75, 3.05) is 85.8 Å². The molecular formula is C57H64ClF3N5O7PS2. The first kappa shape index (κ1) is 55.5. The van der Waals surface area contributed by atoms with E-state index in [0.29, 0.717) is 66.9 Å². The number of aromatic nitrogens is 1. The fraction of sp³-hybridized carbons (Fsp3) is 0.386. The molecule has 3 saturated heterocycles. The molecular weight excluding hydrogens is 1050 g/mol. The van der Waals surface area contributed by atoms with Crippen molar-refractivity contribution in [2.45, 2.75) is 67.8 Å². The molecule has 12 nitrogen and oxygen atoms in total. The summed E-state index contributed by atoms with van der Waals surface area (Å²) in [5.74, 6) is -0.406. The Bertz CT molecular complexity index is 3170. The Balaban J connectivity index is 0.921. The highest BCUT2D eigenvalue weighted by Crippen LogP contribution is 2.56. The molecule has 0 aliphatic carbocycles. The SMILES string of the molecule is Cc1c(C(=O)O)c(-c2cccc(N3CCN(c4ccc(N5CCO[P@@]5(=O)c5ccc(C[C@H](CCN6CCC(CO)CC6)CSc6ccccc6)c(S(=O)(=O)C(F)(F)F)c5)cc4)CC3)c2)c(-c2ccc(Cl)cc2)n1C(C)C. The number of piperazine rings is 1. The monoisotopic (exact) mass is 1120 g/mol. The number of alkyl halides is 3. The Morgan fingerprint density at radius 3 is 2.11 bits per heavy atom. The number of rotatable bonds is 18. The summed E-state index contributed by atoms with van der Waals surface area (Å²) < 4.78 is 95.2. The van der Waals surface area contributed by atoms with Gasteiger partial charge < -0.3 is 34.0 Å². The van der Waals surface area contributed by atoms with Crippen LogP contribution in [0.4, 0.5) is 30.2 Å². The predicted octanol–water partition coefficient (Wildman–Crippen LogP) is 12.1. The zero-order chi connectivity index (χ0) is 53.9. The second-order valence-corrected chi connectivity index (χ2v) is 25.9. The van der Waals surface area contributed by atoms with Gasteiger partial charge in [0.1, 0.15) is 0 Å². The smallest absolute Gasteiger partial charge is 0.478 e. The minimum Gasteiger partial charge on any atom is -0.478 e. The molecule has 4 heterocycles. The van der Waals surface area contributed by atoms with Crippen LogP contribution in [0.25, 0.3) is 22.4 Å². The van der Waals surface area contributed by atoms with E-state index in [2.05, 4.69) is 25.3 Å². The molecule has 1 aromatic heterocycles. The van der Waals surface area contributed by atoms with E-state index in [1.165, 1.54) is 16.8 Å². The molecule has 404 valence electrons. The van der Waals surface area contributed by atoms with Crippen molar-refractivity contribution < 1.29 is 45.7 Å². The van der Waals surface area contributed by atoms with Gasteiger partial charge in [-0.25, -0.2) is 13.2 Å². The lowest BCUT2D eigenvalue weighted by atomic mass is 9.95. The van der Waals surface area contributed by atoms with Gasteiger partial charge in [0, 0.05) is 82.8 Å². The summed E-state index contributed by atoms with van der Waals surface area (Å²) in [4.78, 5) is 19.8. The number of likely N-dealkylation sites (tertiary alicyclic amines) is 1. The number of carboxylic acid groups (broad SMARTS) is 1. The maximum atomic E-state index is 15.0. The Kier molecular flexibility index (Phi) is 17.1. The Morgan fingerprint density at radius 1 is 0.816 bits per heavy atom. The molecule has 6 aromatic rings. The Morgan fingerprint density at radius 2 is 1.47 bits per heavy atom. The van der Waals surface area contributed by atoms with Crippen LogP contribution in [0.2, 0.25) is 5.02 Å². The van der Waals surface area contributed by atoms with Crippen molar-refractivity contribution in [3.8, 4) is 22.4 Å². The molecule has 0 radical (unpaired) electrons. The van der Waals surface area contributed by atoms with Gasteiger partial charge in [0.25, 0.3) is 9.84 Å². The first-order chi connectivity index (χ1) is 36.4. The van der Waals surface area contributed by atoms with E-state index in [1.54, 1.807) is 23.9 Å². The van der Waals surface area contributed by atoms with E-state index >= 15 is 4.57 Å².